The van der Waals surface area contributed by atoms with Crippen molar-refractivity contribution in [3.05, 3.63) is 29.3 Å². The number of carbonyl (C=O) groups excluding carboxylic acids is 1. The van der Waals surface area contributed by atoms with Crippen LogP contribution < -0.4 is 16.5 Å². The van der Waals surface area contributed by atoms with Crippen molar-refractivity contribution in [2.45, 2.75) is 27.2 Å². The second kappa shape index (κ2) is 6.84. The molecule has 19 heavy (non-hydrogen) atoms. The third kappa shape index (κ3) is 5.48. The van der Waals surface area contributed by atoms with Gasteiger partial charge in [-0.25, -0.2) is 0 Å². The molecule has 1 rings (SSSR count). The van der Waals surface area contributed by atoms with Crippen molar-refractivity contribution in [1.29, 1.82) is 0 Å². The zero-order valence-corrected chi connectivity index (χ0v) is 12.1. The molecule has 0 radical (unpaired) electrons. The highest BCUT2D eigenvalue weighted by molar-refractivity contribution is 7.80. The van der Waals surface area contributed by atoms with Gasteiger partial charge in [0.15, 0.2) is 5.11 Å². The maximum atomic E-state index is 11.8. The van der Waals surface area contributed by atoms with Crippen LogP contribution in [-0.4, -0.2) is 16.7 Å². The first-order valence-corrected chi connectivity index (χ1v) is 6.25. The van der Waals surface area contributed by atoms with Crippen LogP contribution in [0.2, 0.25) is 0 Å². The molecule has 102 valence electrons. The summed E-state index contributed by atoms with van der Waals surface area (Å²) in [7, 11) is 0. The molecule has 1 aromatic carbocycles. The lowest BCUT2D eigenvalue weighted by Gasteiger charge is -2.07. The summed E-state index contributed by atoms with van der Waals surface area (Å²) < 4.78 is 0. The fourth-order valence-electron chi connectivity index (χ4n) is 1.45. The van der Waals surface area contributed by atoms with Gasteiger partial charge in [0.05, 0.1) is 6.42 Å². The van der Waals surface area contributed by atoms with Gasteiger partial charge in [-0.3, -0.25) is 10.2 Å². The number of hydrazone groups is 1. The first-order valence-electron chi connectivity index (χ1n) is 5.84. The summed E-state index contributed by atoms with van der Waals surface area (Å²) >= 11 is 4.62. The van der Waals surface area contributed by atoms with Gasteiger partial charge in [-0.05, 0) is 56.2 Å². The number of nitrogens with one attached hydrogen (secondary N) is 2. The molecule has 0 fully saturated rings. The summed E-state index contributed by atoms with van der Waals surface area (Å²) in [5, 5.41) is 6.77. The lowest BCUT2D eigenvalue weighted by molar-refractivity contribution is -0.115. The highest BCUT2D eigenvalue weighted by atomic mass is 32.1. The second-order valence-electron chi connectivity index (χ2n) is 4.35. The van der Waals surface area contributed by atoms with Crippen molar-refractivity contribution >= 4 is 34.6 Å². The monoisotopic (exact) mass is 278 g/mol. The van der Waals surface area contributed by atoms with E-state index in [0.717, 1.165) is 11.3 Å². The zero-order chi connectivity index (χ0) is 14.4. The molecule has 0 spiro atoms. The first-order chi connectivity index (χ1) is 8.88. The number of rotatable bonds is 4. The lowest BCUT2D eigenvalue weighted by atomic mass is 10.1. The molecule has 0 aliphatic rings. The molecule has 0 bridgehead atoms. The van der Waals surface area contributed by atoms with Crippen LogP contribution in [0.25, 0.3) is 0 Å². The molecule has 0 saturated heterocycles. The molecule has 0 saturated carbocycles. The van der Waals surface area contributed by atoms with Gasteiger partial charge in [-0.1, -0.05) is 6.07 Å². The molecule has 0 aliphatic heterocycles. The van der Waals surface area contributed by atoms with Crippen molar-refractivity contribution in [2.24, 2.45) is 10.8 Å². The molecule has 1 aromatic rings. The Labute approximate surface area is 118 Å². The Kier molecular flexibility index (Phi) is 5.44. The number of nitrogens with two attached hydrogens (primary N) is 1. The number of nitrogens with zero attached hydrogens (tertiary/aromatic N) is 1. The van der Waals surface area contributed by atoms with Crippen LogP contribution in [0, 0.1) is 13.8 Å². The van der Waals surface area contributed by atoms with E-state index in [1.54, 1.807) is 6.92 Å². The summed E-state index contributed by atoms with van der Waals surface area (Å²) in [6.07, 6.45) is 0.183. The predicted octanol–water partition coefficient (Wildman–Crippen LogP) is 1.84. The van der Waals surface area contributed by atoms with Gasteiger partial charge in [-0.15, -0.1) is 0 Å². The standard InChI is InChI=1S/C13H18N4OS/c1-8-4-5-11(6-9(8)2)15-12(18)7-10(3)16-17-13(14)19/h4-6H,7H2,1-3H3,(H,15,18)(H3,14,17,19)/b16-10+. The van der Waals surface area contributed by atoms with Crippen LogP contribution in [0.15, 0.2) is 23.3 Å². The number of carbonyl (C=O) groups is 1. The summed E-state index contributed by atoms with van der Waals surface area (Å²) in [5.41, 5.74) is 11.4. The minimum Gasteiger partial charge on any atom is -0.375 e. The van der Waals surface area contributed by atoms with Crippen molar-refractivity contribution in [3.8, 4) is 0 Å². The quantitative estimate of drug-likeness (QED) is 0.446. The molecule has 5 nitrogen and oxygen atoms in total. The Morgan fingerprint density at radius 3 is 2.63 bits per heavy atom. The van der Waals surface area contributed by atoms with E-state index in [1.165, 1.54) is 5.56 Å². The van der Waals surface area contributed by atoms with Crippen LogP contribution in [0.4, 0.5) is 5.69 Å². The minimum absolute atomic E-state index is 0.0777. The minimum atomic E-state index is -0.130. The van der Waals surface area contributed by atoms with E-state index in [4.69, 9.17) is 5.73 Å². The smallest absolute Gasteiger partial charge is 0.230 e. The highest BCUT2D eigenvalue weighted by Gasteiger charge is 2.05. The molecule has 0 unspecified atom stereocenters. The number of benzene rings is 1. The van der Waals surface area contributed by atoms with E-state index in [1.807, 2.05) is 32.0 Å². The van der Waals surface area contributed by atoms with E-state index in [9.17, 15) is 4.79 Å². The lowest BCUT2D eigenvalue weighted by Crippen LogP contribution is -2.26. The van der Waals surface area contributed by atoms with Gasteiger partial charge in [0.1, 0.15) is 0 Å². The highest BCUT2D eigenvalue weighted by Crippen LogP contribution is 2.14. The molecule has 1 amide bonds. The topological polar surface area (TPSA) is 79.5 Å². The summed E-state index contributed by atoms with van der Waals surface area (Å²) in [6.45, 7) is 5.76. The first kappa shape index (κ1) is 15.1. The van der Waals surface area contributed by atoms with Crippen molar-refractivity contribution < 1.29 is 4.79 Å². The largest absolute Gasteiger partial charge is 0.375 e. The van der Waals surface area contributed by atoms with E-state index < -0.39 is 0 Å². The number of aryl methyl sites for hydroxylation is 2. The number of anilines is 1. The molecular weight excluding hydrogens is 260 g/mol. The van der Waals surface area contributed by atoms with Gasteiger partial charge in [0, 0.05) is 11.4 Å². The Balaban J connectivity index is 2.57. The number of thiocarbonyl (C=S) groups is 1. The summed E-state index contributed by atoms with van der Waals surface area (Å²) in [6, 6.07) is 5.78. The number of hydrogen-bond acceptors (Lipinski definition) is 3. The van der Waals surface area contributed by atoms with Crippen LogP contribution in [0.1, 0.15) is 24.5 Å². The maximum Gasteiger partial charge on any atom is 0.230 e. The number of hydrogen-bond donors (Lipinski definition) is 3. The molecule has 6 heteroatoms. The number of amides is 1. The van der Waals surface area contributed by atoms with Crippen LogP contribution in [-0.2, 0) is 4.79 Å². The van der Waals surface area contributed by atoms with Crippen LogP contribution in [0.5, 0.6) is 0 Å². The maximum absolute atomic E-state index is 11.8. The second-order valence-corrected chi connectivity index (χ2v) is 4.79. The Hall–Kier alpha value is -1.95. The summed E-state index contributed by atoms with van der Waals surface area (Å²) in [4.78, 5) is 11.8. The molecular formula is C13H18N4OS. The van der Waals surface area contributed by atoms with Crippen LogP contribution in [0.3, 0.4) is 0 Å². The van der Waals surface area contributed by atoms with Crippen molar-refractivity contribution in [3.63, 3.8) is 0 Å². The Morgan fingerprint density at radius 1 is 1.37 bits per heavy atom. The molecule has 4 N–H and O–H groups in total. The van der Waals surface area contributed by atoms with E-state index in [-0.39, 0.29) is 17.4 Å². The molecule has 0 aliphatic carbocycles. The normalized spacial score (nSPS) is 11.0. The molecule has 0 atom stereocenters. The zero-order valence-electron chi connectivity index (χ0n) is 11.3. The average Bonchev–Trinajstić information content (AvgIpc) is 2.31. The fraction of sp³-hybridized carbons (Fsp3) is 0.308. The third-order valence-electron chi connectivity index (χ3n) is 2.56. The Morgan fingerprint density at radius 2 is 2.05 bits per heavy atom. The Bertz CT molecular complexity index is 525. The SMILES string of the molecule is C/C(CC(=O)Nc1ccc(C)c(C)c1)=N\NC(N)=S. The molecule has 0 heterocycles. The summed E-state index contributed by atoms with van der Waals surface area (Å²) in [5.74, 6) is -0.130. The van der Waals surface area contributed by atoms with Crippen molar-refractivity contribution in [1.82, 2.24) is 5.43 Å². The van der Waals surface area contributed by atoms with Crippen molar-refractivity contribution in [2.75, 3.05) is 5.32 Å². The fourth-order valence-corrected chi connectivity index (χ4v) is 1.49. The van der Waals surface area contributed by atoms with Gasteiger partial charge in [-0.2, -0.15) is 5.10 Å². The van der Waals surface area contributed by atoms with E-state index in [2.05, 4.69) is 28.1 Å². The molecule has 0 aromatic heterocycles. The van der Waals surface area contributed by atoms with E-state index >= 15 is 0 Å². The van der Waals surface area contributed by atoms with Crippen LogP contribution >= 0.6 is 12.2 Å². The van der Waals surface area contributed by atoms with Gasteiger partial charge >= 0.3 is 0 Å². The van der Waals surface area contributed by atoms with Gasteiger partial charge < -0.3 is 11.1 Å². The average molecular weight is 278 g/mol. The third-order valence-corrected chi connectivity index (χ3v) is 2.66. The van der Waals surface area contributed by atoms with Gasteiger partial charge in [0.2, 0.25) is 5.91 Å². The van der Waals surface area contributed by atoms with E-state index in [0.29, 0.717) is 5.71 Å². The van der Waals surface area contributed by atoms with Gasteiger partial charge in [0.25, 0.3) is 0 Å². The predicted molar refractivity (Wildman–Crippen MR) is 82.2 cm³/mol.